The Morgan fingerprint density at radius 3 is 2.75 bits per heavy atom. The van der Waals surface area contributed by atoms with E-state index in [2.05, 4.69) is 10.1 Å². The Morgan fingerprint density at radius 1 is 1.55 bits per heavy atom. The van der Waals surface area contributed by atoms with Gasteiger partial charge in [-0.2, -0.15) is 0 Å². The molecule has 1 aliphatic heterocycles. The monoisotopic (exact) mass is 299 g/mol. The lowest BCUT2D eigenvalue weighted by Crippen LogP contribution is -2.39. The third kappa shape index (κ3) is 2.85. The topological polar surface area (TPSA) is 135 Å². The van der Waals surface area contributed by atoms with Gasteiger partial charge in [0.25, 0.3) is 5.69 Å². The van der Waals surface area contributed by atoms with Gasteiger partial charge in [0.15, 0.2) is 5.84 Å². The molecule has 0 bridgehead atoms. The zero-order valence-corrected chi connectivity index (χ0v) is 11.2. The van der Waals surface area contributed by atoms with Gasteiger partial charge in [-0.1, -0.05) is 5.16 Å². The first-order chi connectivity index (χ1) is 9.52. The van der Waals surface area contributed by atoms with Crippen LogP contribution in [0, 0.1) is 10.1 Å². The molecule has 3 N–H and O–H groups in total. The highest BCUT2D eigenvalue weighted by molar-refractivity contribution is 7.85. The van der Waals surface area contributed by atoms with E-state index in [-0.39, 0.29) is 17.1 Å². The molecule has 10 heteroatoms. The number of nitrogens with zero attached hydrogens (tertiary/aromatic N) is 4. The third-order valence-electron chi connectivity index (χ3n) is 2.92. The molecule has 2 heterocycles. The van der Waals surface area contributed by atoms with E-state index in [4.69, 9.17) is 10.9 Å². The smallest absolute Gasteiger partial charge is 0.288 e. The SMILES string of the molecule is NC(=NO)c1cc([N+](=O)[O-])cnc1N1CCS(=O)CC1. The number of nitrogens with two attached hydrogens (primary N) is 1. The fourth-order valence-electron chi connectivity index (χ4n) is 1.89. The van der Waals surface area contributed by atoms with Gasteiger partial charge < -0.3 is 15.8 Å². The molecule has 0 saturated carbocycles. The minimum absolute atomic E-state index is 0.189. The highest BCUT2D eigenvalue weighted by Crippen LogP contribution is 2.23. The van der Waals surface area contributed by atoms with Gasteiger partial charge in [0.1, 0.15) is 12.0 Å². The van der Waals surface area contributed by atoms with E-state index in [1.807, 2.05) is 4.90 Å². The van der Waals surface area contributed by atoms with Crippen LogP contribution < -0.4 is 10.6 Å². The second kappa shape index (κ2) is 5.82. The van der Waals surface area contributed by atoms with Crippen molar-refractivity contribution in [3.8, 4) is 0 Å². The molecular formula is C10H13N5O4S. The summed E-state index contributed by atoms with van der Waals surface area (Å²) >= 11 is 0. The van der Waals surface area contributed by atoms with Crippen LogP contribution in [0.4, 0.5) is 11.5 Å². The maximum absolute atomic E-state index is 11.3. The van der Waals surface area contributed by atoms with E-state index in [0.29, 0.717) is 30.4 Å². The molecule has 1 fully saturated rings. The Balaban J connectivity index is 2.41. The van der Waals surface area contributed by atoms with Gasteiger partial charge >= 0.3 is 0 Å². The molecule has 0 aliphatic carbocycles. The van der Waals surface area contributed by atoms with E-state index >= 15 is 0 Å². The lowest BCUT2D eigenvalue weighted by atomic mass is 10.2. The Bertz CT molecular complexity index is 581. The van der Waals surface area contributed by atoms with Crippen molar-refractivity contribution in [2.24, 2.45) is 10.9 Å². The van der Waals surface area contributed by atoms with Crippen LogP contribution in [0.5, 0.6) is 0 Å². The van der Waals surface area contributed by atoms with E-state index in [1.54, 1.807) is 0 Å². The summed E-state index contributed by atoms with van der Waals surface area (Å²) in [6, 6.07) is 1.21. The van der Waals surface area contributed by atoms with Crippen LogP contribution in [-0.2, 0) is 10.8 Å². The van der Waals surface area contributed by atoms with Crippen LogP contribution in [-0.4, -0.2) is 49.8 Å². The van der Waals surface area contributed by atoms with Gasteiger partial charge in [0.05, 0.1) is 10.5 Å². The van der Waals surface area contributed by atoms with Gasteiger partial charge in [-0.3, -0.25) is 14.3 Å². The van der Waals surface area contributed by atoms with Crippen LogP contribution in [0.1, 0.15) is 5.56 Å². The van der Waals surface area contributed by atoms with E-state index in [0.717, 1.165) is 6.20 Å². The fraction of sp³-hybridized carbons (Fsp3) is 0.400. The highest BCUT2D eigenvalue weighted by Gasteiger charge is 2.23. The number of amidine groups is 1. The lowest BCUT2D eigenvalue weighted by Gasteiger charge is -2.28. The number of hydrogen-bond acceptors (Lipinski definition) is 7. The Kier molecular flexibility index (Phi) is 4.13. The van der Waals surface area contributed by atoms with Gasteiger partial charge in [0, 0.05) is 41.5 Å². The Morgan fingerprint density at radius 2 is 2.20 bits per heavy atom. The Labute approximate surface area is 116 Å². The fourth-order valence-corrected chi connectivity index (χ4v) is 2.94. The number of anilines is 1. The maximum atomic E-state index is 11.3. The second-order valence-corrected chi connectivity index (χ2v) is 5.84. The molecule has 20 heavy (non-hydrogen) atoms. The molecule has 108 valence electrons. The molecule has 1 saturated heterocycles. The van der Waals surface area contributed by atoms with Crippen molar-refractivity contribution in [2.45, 2.75) is 0 Å². The molecule has 1 aliphatic rings. The number of pyridine rings is 1. The van der Waals surface area contributed by atoms with Crippen LogP contribution in [0.15, 0.2) is 17.4 Å². The summed E-state index contributed by atoms with van der Waals surface area (Å²) < 4.78 is 11.3. The van der Waals surface area contributed by atoms with Crippen molar-refractivity contribution in [1.82, 2.24) is 4.98 Å². The van der Waals surface area contributed by atoms with Gasteiger partial charge in [0.2, 0.25) is 0 Å². The van der Waals surface area contributed by atoms with Crippen molar-refractivity contribution in [1.29, 1.82) is 0 Å². The minimum atomic E-state index is -0.854. The van der Waals surface area contributed by atoms with Crippen molar-refractivity contribution in [3.63, 3.8) is 0 Å². The van der Waals surface area contributed by atoms with Gasteiger partial charge in [-0.15, -0.1) is 0 Å². The first-order valence-electron chi connectivity index (χ1n) is 5.75. The van der Waals surface area contributed by atoms with E-state index in [1.165, 1.54) is 6.07 Å². The number of hydrogen-bond donors (Lipinski definition) is 2. The summed E-state index contributed by atoms with van der Waals surface area (Å²) in [5.74, 6) is 1.13. The molecule has 0 amide bonds. The number of aromatic nitrogens is 1. The number of rotatable bonds is 3. The maximum Gasteiger partial charge on any atom is 0.288 e. The summed E-state index contributed by atoms with van der Waals surface area (Å²) in [7, 11) is -0.854. The largest absolute Gasteiger partial charge is 0.409 e. The summed E-state index contributed by atoms with van der Waals surface area (Å²) in [5.41, 5.74) is 5.50. The molecule has 0 radical (unpaired) electrons. The molecule has 1 aromatic heterocycles. The zero-order chi connectivity index (χ0) is 14.7. The van der Waals surface area contributed by atoms with Gasteiger partial charge in [-0.25, -0.2) is 4.98 Å². The van der Waals surface area contributed by atoms with Crippen molar-refractivity contribution < 1.29 is 14.3 Å². The predicted molar refractivity (Wildman–Crippen MR) is 73.5 cm³/mol. The normalized spacial score (nSPS) is 17.2. The summed E-state index contributed by atoms with van der Waals surface area (Å²) in [5, 5.41) is 22.4. The quantitative estimate of drug-likeness (QED) is 0.256. The molecule has 0 atom stereocenters. The third-order valence-corrected chi connectivity index (χ3v) is 4.20. The molecular weight excluding hydrogens is 286 g/mol. The summed E-state index contributed by atoms with van der Waals surface area (Å²) in [4.78, 5) is 16.0. The molecule has 0 spiro atoms. The number of oxime groups is 1. The van der Waals surface area contributed by atoms with E-state index < -0.39 is 15.7 Å². The molecule has 2 rings (SSSR count). The van der Waals surface area contributed by atoms with E-state index in [9.17, 15) is 14.3 Å². The molecule has 0 aromatic carbocycles. The second-order valence-electron chi connectivity index (χ2n) is 4.14. The first-order valence-corrected chi connectivity index (χ1v) is 7.24. The lowest BCUT2D eigenvalue weighted by molar-refractivity contribution is -0.385. The average Bonchev–Trinajstić information content (AvgIpc) is 2.46. The van der Waals surface area contributed by atoms with Crippen LogP contribution in [0.25, 0.3) is 0 Å². The minimum Gasteiger partial charge on any atom is -0.409 e. The predicted octanol–water partition coefficient (Wildman–Crippen LogP) is -0.347. The highest BCUT2D eigenvalue weighted by atomic mass is 32.2. The summed E-state index contributed by atoms with van der Waals surface area (Å²) in [6.45, 7) is 1.01. The number of nitro groups is 1. The molecule has 0 unspecified atom stereocenters. The zero-order valence-electron chi connectivity index (χ0n) is 10.4. The van der Waals surface area contributed by atoms with Crippen molar-refractivity contribution in [2.75, 3.05) is 29.5 Å². The molecule has 1 aromatic rings. The van der Waals surface area contributed by atoms with Crippen molar-refractivity contribution in [3.05, 3.63) is 27.9 Å². The van der Waals surface area contributed by atoms with Crippen LogP contribution in [0.2, 0.25) is 0 Å². The Hall–Kier alpha value is -2.23. The molecule has 9 nitrogen and oxygen atoms in total. The van der Waals surface area contributed by atoms with Gasteiger partial charge in [-0.05, 0) is 0 Å². The van der Waals surface area contributed by atoms with Crippen molar-refractivity contribution >= 4 is 28.1 Å². The first kappa shape index (κ1) is 14.2. The van der Waals surface area contributed by atoms with Crippen LogP contribution in [0.3, 0.4) is 0 Å². The summed E-state index contributed by atoms with van der Waals surface area (Å²) in [6.07, 6.45) is 1.12. The standard InChI is InChI=1S/C10H13N5O4S/c11-9(13-16)8-5-7(15(17)18)6-12-10(8)14-1-3-20(19)4-2-14/h5-6,16H,1-4H2,(H2,11,13). The average molecular weight is 299 g/mol. The van der Waals surface area contributed by atoms with Crippen LogP contribution >= 0.6 is 0 Å².